The van der Waals surface area contributed by atoms with Gasteiger partial charge in [-0.15, -0.1) is 0 Å². The van der Waals surface area contributed by atoms with E-state index in [2.05, 4.69) is 4.98 Å². The van der Waals surface area contributed by atoms with Crippen molar-refractivity contribution >= 4 is 23.2 Å². The molecule has 1 aromatic carbocycles. The molecule has 3 nitrogen and oxygen atoms in total. The zero-order valence-corrected chi connectivity index (χ0v) is 10.3. The predicted molar refractivity (Wildman–Crippen MR) is 72.0 cm³/mol. The first kappa shape index (κ1) is 11.0. The van der Waals surface area contributed by atoms with Crippen molar-refractivity contribution in [3.63, 3.8) is 0 Å². The number of Topliss-reactive ketones (excluding diaryl/α,β-unsaturated/α-hetero) is 1. The van der Waals surface area contributed by atoms with E-state index in [1.165, 1.54) is 11.8 Å². The Labute approximate surface area is 109 Å². The number of rotatable bonds is 1. The fourth-order valence-corrected chi connectivity index (χ4v) is 2.93. The Kier molecular flexibility index (Phi) is 2.64. The number of hydrogen-bond donors (Lipinski definition) is 1. The van der Waals surface area contributed by atoms with E-state index in [0.717, 1.165) is 16.0 Å². The second-order valence-electron chi connectivity index (χ2n) is 3.91. The lowest BCUT2D eigenvalue weighted by Gasteiger charge is -2.03. The molecule has 18 heavy (non-hydrogen) atoms. The number of carbonyl (C=O) groups excluding carboxylic acids is 1. The van der Waals surface area contributed by atoms with Crippen LogP contribution in [0.4, 0.5) is 0 Å². The van der Waals surface area contributed by atoms with Crippen LogP contribution >= 0.6 is 11.8 Å². The largest absolute Gasteiger partial charge is 0.397 e. The molecule has 0 aliphatic carbocycles. The molecule has 2 aromatic rings. The summed E-state index contributed by atoms with van der Waals surface area (Å²) < 4.78 is 0. The molecule has 0 amide bonds. The van der Waals surface area contributed by atoms with Crippen LogP contribution in [-0.4, -0.2) is 10.8 Å². The molecule has 0 bridgehead atoms. The van der Waals surface area contributed by atoms with Crippen LogP contribution in [0.2, 0.25) is 0 Å². The quantitative estimate of drug-likeness (QED) is 0.795. The first-order valence-electron chi connectivity index (χ1n) is 5.49. The van der Waals surface area contributed by atoms with E-state index < -0.39 is 0 Å². The molecule has 1 aromatic heterocycles. The van der Waals surface area contributed by atoms with Gasteiger partial charge in [-0.1, -0.05) is 23.9 Å². The van der Waals surface area contributed by atoms with Gasteiger partial charge < -0.3 is 5.73 Å². The second kappa shape index (κ2) is 4.31. The number of pyridine rings is 1. The number of benzene rings is 1. The van der Waals surface area contributed by atoms with E-state index in [4.69, 9.17) is 5.73 Å². The minimum atomic E-state index is 0.00455. The summed E-state index contributed by atoms with van der Waals surface area (Å²) in [4.78, 5) is 17.7. The summed E-state index contributed by atoms with van der Waals surface area (Å²) in [6, 6.07) is 11.2. The maximum absolute atomic E-state index is 12.2. The zero-order valence-electron chi connectivity index (χ0n) is 9.46. The van der Waals surface area contributed by atoms with Gasteiger partial charge in [-0.25, -0.2) is 0 Å². The number of hydrogen-bond acceptors (Lipinski definition) is 4. The summed E-state index contributed by atoms with van der Waals surface area (Å²) in [6.07, 6.45) is 3.33. The van der Waals surface area contributed by atoms with E-state index >= 15 is 0 Å². The molecule has 0 saturated heterocycles. The molecule has 2 N–H and O–H groups in total. The lowest BCUT2D eigenvalue weighted by atomic mass is 10.1. The summed E-state index contributed by atoms with van der Waals surface area (Å²) in [6.45, 7) is 0. The highest BCUT2D eigenvalue weighted by Crippen LogP contribution is 2.41. The standard InChI is InChI=1S/C14H10N2OS/c15-12(9-5-7-16-8-6-9)14-13(17)10-3-1-2-4-11(10)18-14/h1-8H,15H2. The van der Waals surface area contributed by atoms with Crippen LogP contribution in [-0.2, 0) is 0 Å². The van der Waals surface area contributed by atoms with Crippen LogP contribution in [0.25, 0.3) is 5.70 Å². The van der Waals surface area contributed by atoms with Crippen molar-refractivity contribution in [2.24, 2.45) is 5.73 Å². The maximum Gasteiger partial charge on any atom is 0.202 e. The lowest BCUT2D eigenvalue weighted by molar-refractivity contribution is 0.104. The van der Waals surface area contributed by atoms with Gasteiger partial charge in [0.25, 0.3) is 0 Å². The van der Waals surface area contributed by atoms with E-state index in [1.54, 1.807) is 24.5 Å². The predicted octanol–water partition coefficient (Wildman–Crippen LogP) is 2.70. The van der Waals surface area contributed by atoms with Crippen LogP contribution in [0.1, 0.15) is 15.9 Å². The molecule has 0 spiro atoms. The smallest absolute Gasteiger partial charge is 0.202 e. The third-order valence-electron chi connectivity index (χ3n) is 2.79. The SMILES string of the molecule is NC(=C1Sc2ccccc2C1=O)c1ccncc1. The third-order valence-corrected chi connectivity index (χ3v) is 3.97. The van der Waals surface area contributed by atoms with E-state index in [1.807, 2.05) is 24.3 Å². The number of nitrogens with two attached hydrogens (primary N) is 1. The van der Waals surface area contributed by atoms with Gasteiger partial charge in [-0.3, -0.25) is 9.78 Å². The average Bonchev–Trinajstić information content (AvgIpc) is 2.77. The van der Waals surface area contributed by atoms with E-state index in [-0.39, 0.29) is 5.78 Å². The number of fused-ring (bicyclic) bond motifs is 1. The minimum absolute atomic E-state index is 0.00455. The average molecular weight is 254 g/mol. The normalized spacial score (nSPS) is 16.6. The summed E-state index contributed by atoms with van der Waals surface area (Å²) in [5, 5.41) is 0. The molecule has 0 saturated carbocycles. The third kappa shape index (κ3) is 1.71. The lowest BCUT2D eigenvalue weighted by Crippen LogP contribution is -2.04. The van der Waals surface area contributed by atoms with Gasteiger partial charge in [0.15, 0.2) is 0 Å². The maximum atomic E-state index is 12.2. The number of carbonyl (C=O) groups is 1. The van der Waals surface area contributed by atoms with Gasteiger partial charge in [0.1, 0.15) is 0 Å². The Morgan fingerprint density at radius 1 is 1.11 bits per heavy atom. The molecule has 0 fully saturated rings. The van der Waals surface area contributed by atoms with Crippen LogP contribution < -0.4 is 5.73 Å². The summed E-state index contributed by atoms with van der Waals surface area (Å²) in [5.41, 5.74) is 8.16. The Morgan fingerprint density at radius 3 is 2.56 bits per heavy atom. The molecular formula is C14H10N2OS. The highest BCUT2D eigenvalue weighted by Gasteiger charge is 2.27. The fourth-order valence-electron chi connectivity index (χ4n) is 1.86. The number of aromatic nitrogens is 1. The van der Waals surface area contributed by atoms with Crippen molar-refractivity contribution in [3.05, 3.63) is 64.8 Å². The Balaban J connectivity index is 2.09. The summed E-state index contributed by atoms with van der Waals surface area (Å²) >= 11 is 1.43. The molecule has 0 atom stereocenters. The number of allylic oxidation sites excluding steroid dienone is 1. The first-order chi connectivity index (χ1) is 8.77. The van der Waals surface area contributed by atoms with Crippen LogP contribution in [0.5, 0.6) is 0 Å². The Morgan fingerprint density at radius 2 is 1.83 bits per heavy atom. The summed E-state index contributed by atoms with van der Waals surface area (Å²) in [5.74, 6) is 0.00455. The summed E-state index contributed by atoms with van der Waals surface area (Å²) in [7, 11) is 0. The molecule has 1 aliphatic heterocycles. The molecule has 0 radical (unpaired) electrons. The highest BCUT2D eigenvalue weighted by molar-refractivity contribution is 8.05. The van der Waals surface area contributed by atoms with Crippen molar-refractivity contribution in [2.75, 3.05) is 0 Å². The Hall–Kier alpha value is -2.07. The molecule has 4 heteroatoms. The van der Waals surface area contributed by atoms with E-state index in [9.17, 15) is 4.79 Å². The molecule has 3 rings (SSSR count). The van der Waals surface area contributed by atoms with Crippen LogP contribution in [0.3, 0.4) is 0 Å². The highest BCUT2D eigenvalue weighted by atomic mass is 32.2. The molecule has 1 aliphatic rings. The van der Waals surface area contributed by atoms with Gasteiger partial charge in [0, 0.05) is 28.4 Å². The van der Waals surface area contributed by atoms with Gasteiger partial charge in [0.2, 0.25) is 5.78 Å². The first-order valence-corrected chi connectivity index (χ1v) is 6.31. The van der Waals surface area contributed by atoms with Gasteiger partial charge in [0.05, 0.1) is 10.6 Å². The Bertz CT molecular complexity index is 650. The van der Waals surface area contributed by atoms with E-state index in [0.29, 0.717) is 10.6 Å². The number of ketones is 1. The van der Waals surface area contributed by atoms with Crippen molar-refractivity contribution in [3.8, 4) is 0 Å². The van der Waals surface area contributed by atoms with Crippen molar-refractivity contribution in [1.82, 2.24) is 4.98 Å². The van der Waals surface area contributed by atoms with Gasteiger partial charge >= 0.3 is 0 Å². The van der Waals surface area contributed by atoms with Crippen molar-refractivity contribution in [2.45, 2.75) is 4.90 Å². The second-order valence-corrected chi connectivity index (χ2v) is 4.96. The van der Waals surface area contributed by atoms with Crippen molar-refractivity contribution in [1.29, 1.82) is 0 Å². The zero-order chi connectivity index (χ0) is 12.5. The molecule has 88 valence electrons. The van der Waals surface area contributed by atoms with Gasteiger partial charge in [-0.05, 0) is 24.3 Å². The molecular weight excluding hydrogens is 244 g/mol. The molecule has 2 heterocycles. The topological polar surface area (TPSA) is 56.0 Å². The van der Waals surface area contributed by atoms with Crippen LogP contribution in [0, 0.1) is 0 Å². The van der Waals surface area contributed by atoms with Crippen molar-refractivity contribution < 1.29 is 4.79 Å². The number of nitrogens with zero attached hydrogens (tertiary/aromatic N) is 1. The van der Waals surface area contributed by atoms with Crippen LogP contribution in [0.15, 0.2) is 58.6 Å². The number of thioether (sulfide) groups is 1. The fraction of sp³-hybridized carbons (Fsp3) is 0. The molecule has 0 unspecified atom stereocenters. The monoisotopic (exact) mass is 254 g/mol. The van der Waals surface area contributed by atoms with Gasteiger partial charge in [-0.2, -0.15) is 0 Å². The minimum Gasteiger partial charge on any atom is -0.397 e.